The maximum atomic E-state index is 12.2. The summed E-state index contributed by atoms with van der Waals surface area (Å²) in [6.45, 7) is 0. The molecule has 8 heteroatoms. The van der Waals surface area contributed by atoms with Crippen LogP contribution in [0.25, 0.3) is 0 Å². The van der Waals surface area contributed by atoms with Crippen LogP contribution in [0.1, 0.15) is 10.5 Å². The Morgan fingerprint density at radius 3 is 2.71 bits per heavy atom. The summed E-state index contributed by atoms with van der Waals surface area (Å²) in [6.07, 6.45) is 1.22. The summed E-state index contributed by atoms with van der Waals surface area (Å²) >= 11 is 0. The maximum absolute atomic E-state index is 12.2. The standard InChI is InChI=1S/C13H12N2O5S/c1-20-10-3-2-4-11(8-10)21(18,19)15-9-5-6-14-12(7-9)13(16)17/h2-8H,1H3,(H,14,15)(H,16,17). The van der Waals surface area contributed by atoms with Crippen molar-refractivity contribution in [3.8, 4) is 5.75 Å². The van der Waals surface area contributed by atoms with Gasteiger partial charge in [0, 0.05) is 12.3 Å². The summed E-state index contributed by atoms with van der Waals surface area (Å²) in [5, 5.41) is 8.84. The first kappa shape index (κ1) is 14.8. The summed E-state index contributed by atoms with van der Waals surface area (Å²) in [5.41, 5.74) is -0.133. The van der Waals surface area contributed by atoms with Crippen LogP contribution in [-0.2, 0) is 10.0 Å². The van der Waals surface area contributed by atoms with E-state index in [-0.39, 0.29) is 16.3 Å². The van der Waals surface area contributed by atoms with E-state index >= 15 is 0 Å². The summed E-state index contributed by atoms with van der Waals surface area (Å²) in [6, 6.07) is 8.44. The number of carboxylic acid groups (broad SMARTS) is 1. The predicted octanol–water partition coefficient (Wildman–Crippen LogP) is 1.59. The second-order valence-electron chi connectivity index (χ2n) is 4.02. The lowest BCUT2D eigenvalue weighted by molar-refractivity contribution is 0.0690. The van der Waals surface area contributed by atoms with Crippen LogP contribution in [0.15, 0.2) is 47.5 Å². The average Bonchev–Trinajstić information content (AvgIpc) is 2.47. The molecule has 0 aliphatic rings. The van der Waals surface area contributed by atoms with Crippen molar-refractivity contribution >= 4 is 21.7 Å². The van der Waals surface area contributed by atoms with E-state index in [1.165, 1.54) is 31.5 Å². The molecule has 0 amide bonds. The molecular formula is C13H12N2O5S. The van der Waals surface area contributed by atoms with Gasteiger partial charge in [0.1, 0.15) is 11.4 Å². The van der Waals surface area contributed by atoms with Crippen molar-refractivity contribution in [1.82, 2.24) is 4.98 Å². The molecular weight excluding hydrogens is 296 g/mol. The number of nitrogens with zero attached hydrogens (tertiary/aromatic N) is 1. The Morgan fingerprint density at radius 2 is 2.05 bits per heavy atom. The highest BCUT2D eigenvalue weighted by Crippen LogP contribution is 2.20. The molecule has 0 saturated carbocycles. The van der Waals surface area contributed by atoms with E-state index in [0.717, 1.165) is 6.07 Å². The predicted molar refractivity (Wildman–Crippen MR) is 75.0 cm³/mol. The molecule has 21 heavy (non-hydrogen) atoms. The van der Waals surface area contributed by atoms with E-state index in [1.54, 1.807) is 12.1 Å². The number of benzene rings is 1. The SMILES string of the molecule is COc1cccc(S(=O)(=O)Nc2ccnc(C(=O)O)c2)c1. The maximum Gasteiger partial charge on any atom is 0.354 e. The van der Waals surface area contributed by atoms with E-state index in [9.17, 15) is 13.2 Å². The highest BCUT2D eigenvalue weighted by Gasteiger charge is 2.16. The molecule has 0 bridgehead atoms. The first-order valence-corrected chi connectivity index (χ1v) is 7.27. The van der Waals surface area contributed by atoms with Crippen molar-refractivity contribution in [2.75, 3.05) is 11.8 Å². The molecule has 0 spiro atoms. The van der Waals surface area contributed by atoms with Crippen LogP contribution in [0.3, 0.4) is 0 Å². The first-order chi connectivity index (χ1) is 9.92. The number of pyridine rings is 1. The number of aromatic carboxylic acids is 1. The molecule has 1 heterocycles. The average molecular weight is 308 g/mol. The summed E-state index contributed by atoms with van der Waals surface area (Å²) in [7, 11) is -2.41. The van der Waals surface area contributed by atoms with Gasteiger partial charge >= 0.3 is 5.97 Å². The fourth-order valence-corrected chi connectivity index (χ4v) is 2.68. The second kappa shape index (κ2) is 5.80. The van der Waals surface area contributed by atoms with Gasteiger partial charge in [-0.15, -0.1) is 0 Å². The third-order valence-corrected chi connectivity index (χ3v) is 3.96. The van der Waals surface area contributed by atoms with Gasteiger partial charge in [0.15, 0.2) is 0 Å². The monoisotopic (exact) mass is 308 g/mol. The van der Waals surface area contributed by atoms with E-state index in [4.69, 9.17) is 9.84 Å². The quantitative estimate of drug-likeness (QED) is 0.869. The number of hydrogen-bond donors (Lipinski definition) is 2. The Bertz CT molecular complexity index is 774. The fourth-order valence-electron chi connectivity index (χ4n) is 1.59. The topological polar surface area (TPSA) is 106 Å². The van der Waals surface area contributed by atoms with Gasteiger partial charge in [-0.2, -0.15) is 0 Å². The molecule has 110 valence electrons. The number of aromatic nitrogens is 1. The van der Waals surface area contributed by atoms with Crippen molar-refractivity contribution < 1.29 is 23.1 Å². The molecule has 0 fully saturated rings. The van der Waals surface area contributed by atoms with Gasteiger partial charge in [-0.25, -0.2) is 18.2 Å². The van der Waals surface area contributed by atoms with Crippen LogP contribution >= 0.6 is 0 Å². The number of rotatable bonds is 5. The molecule has 7 nitrogen and oxygen atoms in total. The van der Waals surface area contributed by atoms with Gasteiger partial charge in [-0.1, -0.05) is 6.07 Å². The second-order valence-corrected chi connectivity index (χ2v) is 5.70. The van der Waals surface area contributed by atoms with E-state index < -0.39 is 16.0 Å². The molecule has 2 rings (SSSR count). The number of carboxylic acids is 1. The van der Waals surface area contributed by atoms with Crippen LogP contribution < -0.4 is 9.46 Å². The van der Waals surface area contributed by atoms with Crippen molar-refractivity contribution in [1.29, 1.82) is 0 Å². The number of methoxy groups -OCH3 is 1. The number of carbonyl (C=O) groups is 1. The number of sulfonamides is 1. The zero-order valence-corrected chi connectivity index (χ0v) is 11.8. The van der Waals surface area contributed by atoms with Gasteiger partial charge < -0.3 is 9.84 Å². The summed E-state index contributed by atoms with van der Waals surface area (Å²) in [4.78, 5) is 14.4. The highest BCUT2D eigenvalue weighted by atomic mass is 32.2. The van der Waals surface area contributed by atoms with Crippen LogP contribution in [0.5, 0.6) is 5.75 Å². The lowest BCUT2D eigenvalue weighted by Crippen LogP contribution is -2.13. The van der Waals surface area contributed by atoms with Crippen LogP contribution in [0, 0.1) is 0 Å². The van der Waals surface area contributed by atoms with Crippen molar-refractivity contribution in [2.45, 2.75) is 4.90 Å². The molecule has 0 aliphatic heterocycles. The normalized spacial score (nSPS) is 10.9. The zero-order valence-electron chi connectivity index (χ0n) is 11.0. The Balaban J connectivity index is 2.32. The highest BCUT2D eigenvalue weighted by molar-refractivity contribution is 7.92. The summed E-state index contributed by atoms with van der Waals surface area (Å²) in [5.74, 6) is -0.837. The lowest BCUT2D eigenvalue weighted by atomic mass is 10.3. The van der Waals surface area contributed by atoms with Crippen molar-refractivity contribution in [2.24, 2.45) is 0 Å². The molecule has 0 saturated heterocycles. The van der Waals surface area contributed by atoms with Gasteiger partial charge in [-0.05, 0) is 24.3 Å². The van der Waals surface area contributed by atoms with Crippen molar-refractivity contribution in [3.63, 3.8) is 0 Å². The minimum absolute atomic E-state index is 0.00976. The molecule has 0 radical (unpaired) electrons. The van der Waals surface area contributed by atoms with E-state index in [0.29, 0.717) is 5.75 Å². The Morgan fingerprint density at radius 1 is 1.29 bits per heavy atom. The molecule has 1 aromatic carbocycles. The minimum atomic E-state index is -3.84. The minimum Gasteiger partial charge on any atom is -0.497 e. The number of hydrogen-bond acceptors (Lipinski definition) is 5. The Labute approximate surface area is 121 Å². The molecule has 0 unspecified atom stereocenters. The van der Waals surface area contributed by atoms with Crippen LogP contribution in [0.4, 0.5) is 5.69 Å². The van der Waals surface area contributed by atoms with Crippen LogP contribution in [0.2, 0.25) is 0 Å². The van der Waals surface area contributed by atoms with Gasteiger partial charge in [0.2, 0.25) is 0 Å². The number of anilines is 1. The lowest BCUT2D eigenvalue weighted by Gasteiger charge is -2.09. The Kier molecular flexibility index (Phi) is 4.08. The third-order valence-electron chi connectivity index (χ3n) is 2.58. The largest absolute Gasteiger partial charge is 0.497 e. The number of ether oxygens (including phenoxy) is 1. The van der Waals surface area contributed by atoms with Gasteiger partial charge in [0.25, 0.3) is 10.0 Å². The van der Waals surface area contributed by atoms with Crippen molar-refractivity contribution in [3.05, 3.63) is 48.3 Å². The third kappa shape index (κ3) is 3.48. The molecule has 0 atom stereocenters. The molecule has 2 aromatic rings. The molecule has 1 aromatic heterocycles. The number of nitrogens with one attached hydrogen (secondary N) is 1. The van der Waals surface area contributed by atoms with E-state index in [1.807, 2.05) is 0 Å². The molecule has 0 aliphatic carbocycles. The smallest absolute Gasteiger partial charge is 0.354 e. The Hall–Kier alpha value is -2.61. The van der Waals surface area contributed by atoms with E-state index in [2.05, 4.69) is 9.71 Å². The molecule has 2 N–H and O–H groups in total. The summed E-state index contributed by atoms with van der Waals surface area (Å²) < 4.78 is 31.7. The zero-order chi connectivity index (χ0) is 15.5. The van der Waals surface area contributed by atoms with Gasteiger partial charge in [-0.3, -0.25) is 4.72 Å². The first-order valence-electron chi connectivity index (χ1n) is 5.78. The fraction of sp³-hybridized carbons (Fsp3) is 0.0769. The van der Waals surface area contributed by atoms with Crippen LogP contribution in [-0.4, -0.2) is 31.6 Å². The van der Waals surface area contributed by atoms with Gasteiger partial charge in [0.05, 0.1) is 17.7 Å².